The van der Waals surface area contributed by atoms with E-state index in [1.807, 2.05) is 12.1 Å². The van der Waals surface area contributed by atoms with Gasteiger partial charge in [0.1, 0.15) is 5.69 Å². The number of rotatable bonds is 2. The van der Waals surface area contributed by atoms with Crippen molar-refractivity contribution in [1.82, 2.24) is 15.3 Å². The topological polar surface area (TPSA) is 58.2 Å². The zero-order chi connectivity index (χ0) is 14.7. The van der Waals surface area contributed by atoms with Gasteiger partial charge in [-0.05, 0) is 37.5 Å². The van der Waals surface area contributed by atoms with E-state index in [1.165, 1.54) is 5.06 Å². The van der Waals surface area contributed by atoms with Crippen LogP contribution in [0.3, 0.4) is 0 Å². The Balaban J connectivity index is 1.77. The molecule has 1 aliphatic heterocycles. The van der Waals surface area contributed by atoms with Crippen LogP contribution < -0.4 is 0 Å². The van der Waals surface area contributed by atoms with E-state index < -0.39 is 0 Å². The quantitative estimate of drug-likeness (QED) is 0.926. The van der Waals surface area contributed by atoms with Crippen LogP contribution in [-0.4, -0.2) is 34.3 Å². The monoisotopic (exact) mass is 305 g/mol. The molecule has 5 nitrogen and oxygen atoms in total. The molecule has 1 aliphatic rings. The van der Waals surface area contributed by atoms with E-state index in [-0.39, 0.29) is 5.91 Å². The number of nitrogens with zero attached hydrogens (tertiary/aromatic N) is 2. The highest BCUT2D eigenvalue weighted by atomic mass is 35.5. The third-order valence-electron chi connectivity index (χ3n) is 3.43. The summed E-state index contributed by atoms with van der Waals surface area (Å²) in [5.74, 6) is -0.176. The van der Waals surface area contributed by atoms with Crippen LogP contribution in [0.5, 0.6) is 0 Å². The number of carbonyl (C=O) groups excluding carboxylic acids is 1. The van der Waals surface area contributed by atoms with Crippen LogP contribution in [0.15, 0.2) is 30.3 Å². The molecule has 6 heteroatoms. The number of aromatic nitrogens is 2. The third-order valence-corrected chi connectivity index (χ3v) is 3.68. The molecular weight excluding hydrogens is 290 g/mol. The summed E-state index contributed by atoms with van der Waals surface area (Å²) >= 11 is 5.87. The van der Waals surface area contributed by atoms with Gasteiger partial charge in [0.15, 0.2) is 0 Å². The van der Waals surface area contributed by atoms with Gasteiger partial charge < -0.3 is 0 Å². The molecule has 110 valence electrons. The van der Waals surface area contributed by atoms with Gasteiger partial charge in [-0.15, -0.1) is 0 Å². The number of hydrogen-bond acceptors (Lipinski definition) is 3. The first-order valence-corrected chi connectivity index (χ1v) is 7.38. The standard InChI is InChI=1S/C15H16ClN3O2/c16-12-6-4-11(5-7-12)13-10-14(18-17-13)15(20)19-8-2-1-3-9-21-19/h4-7,10H,1-3,8-9H2,(H,17,18). The Morgan fingerprint density at radius 3 is 2.86 bits per heavy atom. The minimum absolute atomic E-state index is 0.176. The van der Waals surface area contributed by atoms with Crippen molar-refractivity contribution in [3.63, 3.8) is 0 Å². The number of hydroxylamine groups is 2. The van der Waals surface area contributed by atoms with E-state index in [9.17, 15) is 4.79 Å². The van der Waals surface area contributed by atoms with Gasteiger partial charge in [-0.2, -0.15) is 5.10 Å². The van der Waals surface area contributed by atoms with Crippen molar-refractivity contribution in [3.8, 4) is 11.3 Å². The molecule has 1 aromatic heterocycles. The van der Waals surface area contributed by atoms with Crippen molar-refractivity contribution >= 4 is 17.5 Å². The van der Waals surface area contributed by atoms with E-state index in [0.717, 1.165) is 24.8 Å². The van der Waals surface area contributed by atoms with Crippen molar-refractivity contribution in [2.24, 2.45) is 0 Å². The Morgan fingerprint density at radius 2 is 2.05 bits per heavy atom. The van der Waals surface area contributed by atoms with E-state index in [0.29, 0.717) is 29.6 Å². The largest absolute Gasteiger partial charge is 0.295 e. The average molecular weight is 306 g/mol. The predicted octanol–water partition coefficient (Wildman–Crippen LogP) is 3.29. The summed E-state index contributed by atoms with van der Waals surface area (Å²) in [4.78, 5) is 17.8. The maximum absolute atomic E-state index is 12.4. The number of hydrogen-bond donors (Lipinski definition) is 1. The summed E-state index contributed by atoms with van der Waals surface area (Å²) in [5.41, 5.74) is 2.05. The molecule has 1 saturated heterocycles. The molecule has 0 aliphatic carbocycles. The number of aromatic amines is 1. The Labute approximate surface area is 127 Å². The second kappa shape index (κ2) is 6.28. The Bertz CT molecular complexity index is 616. The van der Waals surface area contributed by atoms with Crippen molar-refractivity contribution in [2.75, 3.05) is 13.2 Å². The number of amides is 1. The van der Waals surface area contributed by atoms with Crippen LogP contribution in [0.25, 0.3) is 11.3 Å². The normalized spacial score (nSPS) is 15.8. The lowest BCUT2D eigenvalue weighted by atomic mass is 10.1. The summed E-state index contributed by atoms with van der Waals surface area (Å²) in [6, 6.07) is 9.07. The summed E-state index contributed by atoms with van der Waals surface area (Å²) < 4.78 is 0. The van der Waals surface area contributed by atoms with E-state index in [4.69, 9.17) is 16.4 Å². The van der Waals surface area contributed by atoms with Gasteiger partial charge >= 0.3 is 0 Å². The van der Waals surface area contributed by atoms with Crippen LogP contribution in [0.1, 0.15) is 29.8 Å². The van der Waals surface area contributed by atoms with Crippen LogP contribution in [0.4, 0.5) is 0 Å². The molecule has 0 bridgehead atoms. The summed E-state index contributed by atoms with van der Waals surface area (Å²) in [7, 11) is 0. The Hall–Kier alpha value is -1.85. The molecule has 0 atom stereocenters. The molecule has 1 fully saturated rings. The van der Waals surface area contributed by atoms with Gasteiger partial charge in [0.25, 0.3) is 5.91 Å². The van der Waals surface area contributed by atoms with Gasteiger partial charge in [0.05, 0.1) is 12.3 Å². The van der Waals surface area contributed by atoms with Crippen LogP contribution in [-0.2, 0) is 4.84 Å². The molecule has 0 saturated carbocycles. The van der Waals surface area contributed by atoms with Gasteiger partial charge in [-0.3, -0.25) is 14.7 Å². The van der Waals surface area contributed by atoms with Gasteiger partial charge in [-0.25, -0.2) is 5.06 Å². The van der Waals surface area contributed by atoms with Gasteiger partial charge in [0, 0.05) is 17.1 Å². The summed E-state index contributed by atoms with van der Waals surface area (Å²) in [5, 5.41) is 9.06. The third kappa shape index (κ3) is 3.25. The zero-order valence-electron chi connectivity index (χ0n) is 11.5. The smallest absolute Gasteiger partial charge is 0.272 e. The lowest BCUT2D eigenvalue weighted by Crippen LogP contribution is -2.31. The molecule has 0 unspecified atom stereocenters. The van der Waals surface area contributed by atoms with Crippen molar-refractivity contribution < 1.29 is 9.63 Å². The molecular formula is C15H16ClN3O2. The minimum atomic E-state index is -0.176. The van der Waals surface area contributed by atoms with Crippen molar-refractivity contribution in [1.29, 1.82) is 0 Å². The second-order valence-electron chi connectivity index (χ2n) is 4.97. The summed E-state index contributed by atoms with van der Waals surface area (Å²) in [6.45, 7) is 1.21. The maximum Gasteiger partial charge on any atom is 0.295 e. The van der Waals surface area contributed by atoms with Crippen molar-refractivity contribution in [3.05, 3.63) is 41.0 Å². The van der Waals surface area contributed by atoms with Gasteiger partial charge in [-0.1, -0.05) is 23.7 Å². The first-order valence-electron chi connectivity index (χ1n) is 7.00. The molecule has 2 heterocycles. The van der Waals surface area contributed by atoms with Crippen LogP contribution in [0, 0.1) is 0 Å². The van der Waals surface area contributed by atoms with Crippen LogP contribution in [0.2, 0.25) is 5.02 Å². The lowest BCUT2D eigenvalue weighted by Gasteiger charge is -2.17. The number of carbonyl (C=O) groups is 1. The SMILES string of the molecule is O=C(c1cc(-c2ccc(Cl)cc2)n[nH]1)N1CCCCCO1. The minimum Gasteiger partial charge on any atom is -0.272 e. The van der Waals surface area contributed by atoms with E-state index in [1.54, 1.807) is 18.2 Å². The molecule has 1 amide bonds. The second-order valence-corrected chi connectivity index (χ2v) is 5.41. The van der Waals surface area contributed by atoms with Crippen LogP contribution >= 0.6 is 11.6 Å². The van der Waals surface area contributed by atoms with E-state index >= 15 is 0 Å². The Kier molecular flexibility index (Phi) is 4.22. The lowest BCUT2D eigenvalue weighted by molar-refractivity contribution is -0.116. The highest BCUT2D eigenvalue weighted by Gasteiger charge is 2.20. The van der Waals surface area contributed by atoms with E-state index in [2.05, 4.69) is 10.2 Å². The zero-order valence-corrected chi connectivity index (χ0v) is 12.3. The highest BCUT2D eigenvalue weighted by Crippen LogP contribution is 2.21. The Morgan fingerprint density at radius 1 is 1.24 bits per heavy atom. The number of halogens is 1. The molecule has 2 aromatic rings. The fourth-order valence-electron chi connectivity index (χ4n) is 2.27. The predicted molar refractivity (Wildman–Crippen MR) is 79.9 cm³/mol. The molecule has 0 spiro atoms. The summed E-state index contributed by atoms with van der Waals surface area (Å²) in [6.07, 6.45) is 3.04. The first kappa shape index (κ1) is 14.1. The molecule has 1 aromatic carbocycles. The molecule has 3 rings (SSSR count). The number of nitrogens with one attached hydrogen (secondary N) is 1. The first-order chi connectivity index (χ1) is 10.2. The average Bonchev–Trinajstić information content (AvgIpc) is 2.83. The maximum atomic E-state index is 12.4. The molecule has 0 radical (unpaired) electrons. The van der Waals surface area contributed by atoms with Gasteiger partial charge in [0.2, 0.25) is 0 Å². The molecule has 21 heavy (non-hydrogen) atoms. The fraction of sp³-hybridized carbons (Fsp3) is 0.333. The fourth-order valence-corrected chi connectivity index (χ4v) is 2.39. The number of H-pyrrole nitrogens is 1. The molecule has 1 N–H and O–H groups in total. The van der Waals surface area contributed by atoms with Crippen molar-refractivity contribution in [2.45, 2.75) is 19.3 Å². The highest BCUT2D eigenvalue weighted by molar-refractivity contribution is 6.30. The number of benzene rings is 1.